The number of hydrogen-bond donors (Lipinski definition) is 1. The molecule has 2 aliphatic carbocycles. The molecule has 5 nitrogen and oxygen atoms in total. The summed E-state index contributed by atoms with van der Waals surface area (Å²) in [6.45, 7) is 13.1. The summed E-state index contributed by atoms with van der Waals surface area (Å²) in [6.07, 6.45) is 5.58. The number of nitrogens with one attached hydrogen (secondary N) is 1. The molecule has 2 unspecified atom stereocenters. The van der Waals surface area contributed by atoms with Gasteiger partial charge in [0.05, 0.1) is 34.4 Å². The summed E-state index contributed by atoms with van der Waals surface area (Å²) in [5, 5.41) is 3.03. The Morgan fingerprint density at radius 2 is 1.89 bits per heavy atom. The van der Waals surface area contributed by atoms with Gasteiger partial charge in [0, 0.05) is 23.4 Å². The van der Waals surface area contributed by atoms with E-state index in [9.17, 15) is 9.18 Å². The lowest BCUT2D eigenvalue weighted by Crippen LogP contribution is -2.47. The van der Waals surface area contributed by atoms with Gasteiger partial charge in [0.15, 0.2) is 5.82 Å². The summed E-state index contributed by atoms with van der Waals surface area (Å²) in [7, 11) is 0. The number of halogens is 3. The van der Waals surface area contributed by atoms with Crippen molar-refractivity contribution in [3.8, 4) is 11.3 Å². The van der Waals surface area contributed by atoms with Crippen LogP contribution in [0.3, 0.4) is 0 Å². The fourth-order valence-corrected chi connectivity index (χ4v) is 6.32. The summed E-state index contributed by atoms with van der Waals surface area (Å²) in [5.41, 5.74) is 4.45. The number of pyridine rings is 2. The maximum Gasteiger partial charge on any atom is 0.251 e. The van der Waals surface area contributed by atoms with Gasteiger partial charge in [-0.3, -0.25) is 19.8 Å². The van der Waals surface area contributed by atoms with Gasteiger partial charge in [0.1, 0.15) is 12.3 Å². The Morgan fingerprint density at radius 3 is 2.49 bits per heavy atom. The molecular weight excluding hydrogens is 573 g/mol. The number of aromatic nitrogens is 2. The second-order valence-electron chi connectivity index (χ2n) is 13.3. The van der Waals surface area contributed by atoms with Gasteiger partial charge in [-0.25, -0.2) is 13.2 Å². The molecule has 0 saturated heterocycles. The summed E-state index contributed by atoms with van der Waals surface area (Å²) < 4.78 is 45.1. The Balaban J connectivity index is 1.52. The van der Waals surface area contributed by atoms with Crippen molar-refractivity contribution in [2.24, 2.45) is 10.9 Å². The first kappa shape index (κ1) is 32.8. The van der Waals surface area contributed by atoms with E-state index < -0.39 is 23.6 Å². The number of hydrogen-bond acceptors (Lipinski definition) is 4. The first-order chi connectivity index (χ1) is 21.3. The molecule has 0 radical (unpaired) electrons. The minimum atomic E-state index is -1.59. The fraction of sp³-hybridized carbons (Fsp3) is 0.514. The predicted octanol–water partition coefficient (Wildman–Crippen LogP) is 9.14. The molecule has 1 amide bonds. The lowest BCUT2D eigenvalue weighted by molar-refractivity contribution is 0.0918. The summed E-state index contributed by atoms with van der Waals surface area (Å²) >= 11 is 0. The van der Waals surface area contributed by atoms with E-state index in [1.54, 1.807) is 6.92 Å². The number of benzene rings is 1. The first-order valence-electron chi connectivity index (χ1n) is 16.2. The number of aryl methyl sites for hydroxylation is 2. The third-order valence-corrected chi connectivity index (χ3v) is 10.1. The molecule has 8 heteroatoms. The van der Waals surface area contributed by atoms with E-state index in [0.717, 1.165) is 52.7 Å². The van der Waals surface area contributed by atoms with Crippen LogP contribution in [0.25, 0.3) is 11.3 Å². The van der Waals surface area contributed by atoms with E-state index in [-0.39, 0.29) is 29.6 Å². The van der Waals surface area contributed by atoms with Crippen LogP contribution in [0.15, 0.2) is 35.5 Å². The van der Waals surface area contributed by atoms with Gasteiger partial charge in [-0.1, -0.05) is 20.8 Å². The molecule has 2 saturated carbocycles. The van der Waals surface area contributed by atoms with Crippen LogP contribution in [0.1, 0.15) is 117 Å². The Hall–Kier alpha value is -3.55. The summed E-state index contributed by atoms with van der Waals surface area (Å²) in [4.78, 5) is 27.3. The van der Waals surface area contributed by atoms with Crippen molar-refractivity contribution >= 4 is 17.3 Å². The number of carbonyl (C=O) groups excluding carboxylic acids is 1. The molecule has 2 aromatic heterocycles. The SMILES string of the molecule is CCc1cc(C(=O)NCC(C)(c2cc(C(C)CC)c(C)c(-c3cc(CF)ncc3F)n2)C2(F)CC2)cc(C)c1N=C(C)C1CC1. The van der Waals surface area contributed by atoms with Crippen LogP contribution in [-0.2, 0) is 18.5 Å². The van der Waals surface area contributed by atoms with Crippen LogP contribution in [0.5, 0.6) is 0 Å². The van der Waals surface area contributed by atoms with Crippen molar-refractivity contribution < 1.29 is 18.0 Å². The van der Waals surface area contributed by atoms with E-state index in [4.69, 9.17) is 9.98 Å². The highest BCUT2D eigenvalue weighted by Crippen LogP contribution is 2.55. The quantitative estimate of drug-likeness (QED) is 0.206. The van der Waals surface area contributed by atoms with E-state index in [2.05, 4.69) is 38.0 Å². The number of aliphatic imine (C=N–C) groups is 1. The Bertz CT molecular complexity index is 1640. The smallest absolute Gasteiger partial charge is 0.251 e. The van der Waals surface area contributed by atoms with E-state index in [1.165, 1.54) is 18.9 Å². The normalized spacial score (nSPS) is 18.0. The van der Waals surface area contributed by atoms with Gasteiger partial charge in [-0.2, -0.15) is 0 Å². The molecule has 0 aliphatic heterocycles. The predicted molar refractivity (Wildman–Crippen MR) is 174 cm³/mol. The molecular formula is C37H45F3N4O. The van der Waals surface area contributed by atoms with Crippen molar-refractivity contribution in [1.29, 1.82) is 0 Å². The number of amides is 1. The maximum atomic E-state index is 16.4. The highest BCUT2D eigenvalue weighted by atomic mass is 19.1. The largest absolute Gasteiger partial charge is 0.351 e. The molecule has 3 aromatic rings. The minimum absolute atomic E-state index is 0.00748. The van der Waals surface area contributed by atoms with Crippen molar-refractivity contribution in [2.75, 3.05) is 6.54 Å². The van der Waals surface area contributed by atoms with Crippen LogP contribution < -0.4 is 5.32 Å². The van der Waals surface area contributed by atoms with Crippen molar-refractivity contribution in [2.45, 2.75) is 111 Å². The van der Waals surface area contributed by atoms with E-state index in [0.29, 0.717) is 35.7 Å². The Morgan fingerprint density at radius 1 is 1.18 bits per heavy atom. The summed E-state index contributed by atoms with van der Waals surface area (Å²) in [6, 6.07) is 7.04. The molecule has 0 spiro atoms. The van der Waals surface area contributed by atoms with Gasteiger partial charge < -0.3 is 5.32 Å². The van der Waals surface area contributed by atoms with Crippen molar-refractivity contribution in [3.63, 3.8) is 0 Å². The highest BCUT2D eigenvalue weighted by Gasteiger charge is 2.59. The first-order valence-corrected chi connectivity index (χ1v) is 16.2. The van der Waals surface area contributed by atoms with Gasteiger partial charge in [0.25, 0.3) is 5.91 Å². The zero-order valence-electron chi connectivity index (χ0n) is 27.6. The summed E-state index contributed by atoms with van der Waals surface area (Å²) in [5.74, 6) is -0.263. The maximum absolute atomic E-state index is 16.4. The average Bonchev–Trinajstić information content (AvgIpc) is 3.97. The molecule has 240 valence electrons. The Labute approximate surface area is 265 Å². The van der Waals surface area contributed by atoms with Gasteiger partial charge >= 0.3 is 0 Å². The highest BCUT2D eigenvalue weighted by molar-refractivity contribution is 5.96. The van der Waals surface area contributed by atoms with Crippen LogP contribution in [0.2, 0.25) is 0 Å². The van der Waals surface area contributed by atoms with E-state index >= 15 is 8.78 Å². The molecule has 2 aliphatic rings. The number of alkyl halides is 2. The molecule has 2 heterocycles. The molecule has 0 bridgehead atoms. The van der Waals surface area contributed by atoms with Crippen LogP contribution in [0, 0.1) is 25.6 Å². The number of nitrogens with zero attached hydrogens (tertiary/aromatic N) is 3. The lowest BCUT2D eigenvalue weighted by Gasteiger charge is -2.35. The van der Waals surface area contributed by atoms with Crippen LogP contribution in [0.4, 0.5) is 18.9 Å². The second-order valence-corrected chi connectivity index (χ2v) is 13.3. The monoisotopic (exact) mass is 618 g/mol. The van der Waals surface area contributed by atoms with Gasteiger partial charge in [-0.15, -0.1) is 0 Å². The minimum Gasteiger partial charge on any atom is -0.351 e. The van der Waals surface area contributed by atoms with Crippen LogP contribution >= 0.6 is 0 Å². The molecule has 1 N–H and O–H groups in total. The Kier molecular flexibility index (Phi) is 9.25. The van der Waals surface area contributed by atoms with Gasteiger partial charge in [0.2, 0.25) is 0 Å². The van der Waals surface area contributed by atoms with Crippen molar-refractivity contribution in [1.82, 2.24) is 15.3 Å². The fourth-order valence-electron chi connectivity index (χ4n) is 6.32. The van der Waals surface area contributed by atoms with Crippen molar-refractivity contribution in [3.05, 3.63) is 75.5 Å². The topological polar surface area (TPSA) is 67.2 Å². The number of rotatable bonds is 12. The zero-order chi connectivity index (χ0) is 32.7. The third kappa shape index (κ3) is 6.43. The number of carbonyl (C=O) groups is 1. The molecule has 45 heavy (non-hydrogen) atoms. The van der Waals surface area contributed by atoms with E-state index in [1.807, 2.05) is 32.0 Å². The second kappa shape index (κ2) is 12.7. The molecule has 2 fully saturated rings. The zero-order valence-corrected chi connectivity index (χ0v) is 27.6. The standard InChI is InChI=1S/C37H45F3N4O/c1-8-21(3)29-17-32(44-34(23(29)5)30-16-28(18-38)41-19-31(30)39)36(7,37(40)12-13-37)20-42-35(45)27-14-22(4)33(25(9-2)15-27)43-24(6)26-10-11-26/h14-17,19,21,26H,8-13,18,20H2,1-7H3,(H,42,45). The lowest BCUT2D eigenvalue weighted by atomic mass is 9.77. The molecule has 5 rings (SSSR count). The molecule has 2 atom stereocenters. The average molecular weight is 619 g/mol. The third-order valence-electron chi connectivity index (χ3n) is 10.1. The molecule has 1 aromatic carbocycles. The van der Waals surface area contributed by atoms with Gasteiger partial charge in [-0.05, 0) is 125 Å². The van der Waals surface area contributed by atoms with Crippen LogP contribution in [-0.4, -0.2) is 33.8 Å².